The van der Waals surface area contributed by atoms with Gasteiger partial charge in [-0.1, -0.05) is 6.07 Å². The lowest BCUT2D eigenvalue weighted by atomic mass is 10.3. The van der Waals surface area contributed by atoms with Crippen molar-refractivity contribution in [1.29, 1.82) is 0 Å². The molecule has 78 valence electrons. The highest BCUT2D eigenvalue weighted by Crippen LogP contribution is 2.07. The summed E-state index contributed by atoms with van der Waals surface area (Å²) in [6, 6.07) is 4.13. The van der Waals surface area contributed by atoms with Crippen molar-refractivity contribution < 1.29 is 9.53 Å². The fraction of sp³-hybridized carbons (Fsp3) is 0.500. The molecule has 14 heavy (non-hydrogen) atoms. The Balaban J connectivity index is 1.97. The monoisotopic (exact) mass is 213 g/mol. The molecule has 1 aromatic rings. The van der Waals surface area contributed by atoms with Gasteiger partial charge >= 0.3 is 5.97 Å². The summed E-state index contributed by atoms with van der Waals surface area (Å²) in [6.45, 7) is 1.74. The van der Waals surface area contributed by atoms with Crippen LogP contribution in [0.3, 0.4) is 0 Å². The van der Waals surface area contributed by atoms with Gasteiger partial charge in [-0.15, -0.1) is 11.3 Å². The summed E-state index contributed by atoms with van der Waals surface area (Å²) in [4.78, 5) is 12.1. The summed E-state index contributed by atoms with van der Waals surface area (Å²) >= 11 is 1.74. The third-order valence-electron chi connectivity index (χ3n) is 1.84. The van der Waals surface area contributed by atoms with Crippen molar-refractivity contribution in [1.82, 2.24) is 5.32 Å². The van der Waals surface area contributed by atoms with Crippen molar-refractivity contribution in [3.63, 3.8) is 0 Å². The van der Waals surface area contributed by atoms with E-state index in [4.69, 9.17) is 0 Å². The average Bonchev–Trinajstić information content (AvgIpc) is 2.69. The summed E-state index contributed by atoms with van der Waals surface area (Å²) < 4.78 is 4.54. The van der Waals surface area contributed by atoms with E-state index in [-0.39, 0.29) is 5.97 Å². The maximum atomic E-state index is 10.8. The van der Waals surface area contributed by atoms with Crippen LogP contribution in [0.15, 0.2) is 17.5 Å². The Hall–Kier alpha value is -0.870. The minimum atomic E-state index is -0.136. The highest BCUT2D eigenvalue weighted by atomic mass is 32.1. The third-order valence-corrected chi connectivity index (χ3v) is 2.72. The molecule has 0 aromatic carbocycles. The van der Waals surface area contributed by atoms with E-state index in [0.717, 1.165) is 19.5 Å². The Bertz CT molecular complexity index is 259. The first-order valence-electron chi connectivity index (χ1n) is 4.63. The Labute approximate surface area is 88.1 Å². The SMILES string of the molecule is COC(=O)CCCNCc1cccs1. The van der Waals surface area contributed by atoms with Crippen molar-refractivity contribution in [2.24, 2.45) is 0 Å². The van der Waals surface area contributed by atoms with Gasteiger partial charge in [0.2, 0.25) is 0 Å². The first-order chi connectivity index (χ1) is 6.83. The number of ether oxygens (including phenoxy) is 1. The number of thiophene rings is 1. The van der Waals surface area contributed by atoms with Crippen LogP contribution in [0.2, 0.25) is 0 Å². The van der Waals surface area contributed by atoms with Crippen LogP contribution in [0.5, 0.6) is 0 Å². The van der Waals surface area contributed by atoms with Gasteiger partial charge in [0.05, 0.1) is 7.11 Å². The second kappa shape index (κ2) is 6.56. The first-order valence-corrected chi connectivity index (χ1v) is 5.51. The molecule has 0 saturated heterocycles. The molecular formula is C10H15NO2S. The van der Waals surface area contributed by atoms with E-state index in [2.05, 4.69) is 21.5 Å². The molecule has 3 nitrogen and oxygen atoms in total. The summed E-state index contributed by atoms with van der Waals surface area (Å²) in [5, 5.41) is 5.33. The molecule has 0 unspecified atom stereocenters. The van der Waals surface area contributed by atoms with E-state index in [1.165, 1.54) is 12.0 Å². The number of hydrogen-bond acceptors (Lipinski definition) is 4. The number of rotatable bonds is 6. The lowest BCUT2D eigenvalue weighted by Gasteiger charge is -2.01. The van der Waals surface area contributed by atoms with Crippen molar-refractivity contribution in [2.45, 2.75) is 19.4 Å². The van der Waals surface area contributed by atoms with Crippen LogP contribution < -0.4 is 5.32 Å². The van der Waals surface area contributed by atoms with Crippen LogP contribution in [0.25, 0.3) is 0 Å². The molecule has 0 amide bonds. The number of carbonyl (C=O) groups excluding carboxylic acids is 1. The topological polar surface area (TPSA) is 38.3 Å². The quantitative estimate of drug-likeness (QED) is 0.578. The first kappa shape index (κ1) is 11.2. The molecule has 1 heterocycles. The number of esters is 1. The maximum absolute atomic E-state index is 10.8. The van der Waals surface area contributed by atoms with Crippen molar-refractivity contribution in [3.05, 3.63) is 22.4 Å². The normalized spacial score (nSPS) is 10.1. The highest BCUT2D eigenvalue weighted by Gasteiger charge is 1.98. The van der Waals surface area contributed by atoms with Crippen LogP contribution in [0.1, 0.15) is 17.7 Å². The van der Waals surface area contributed by atoms with Gasteiger partial charge in [0.1, 0.15) is 0 Å². The third kappa shape index (κ3) is 4.39. The van der Waals surface area contributed by atoms with Gasteiger partial charge in [-0.3, -0.25) is 4.79 Å². The highest BCUT2D eigenvalue weighted by molar-refractivity contribution is 7.09. The van der Waals surface area contributed by atoms with Crippen molar-refractivity contribution in [2.75, 3.05) is 13.7 Å². The molecule has 0 aliphatic carbocycles. The molecule has 1 rings (SSSR count). The van der Waals surface area contributed by atoms with E-state index in [1.54, 1.807) is 11.3 Å². The Kier molecular flexibility index (Phi) is 5.25. The summed E-state index contributed by atoms with van der Waals surface area (Å²) in [7, 11) is 1.42. The molecule has 0 spiro atoms. The molecule has 1 N–H and O–H groups in total. The van der Waals surface area contributed by atoms with Gasteiger partial charge < -0.3 is 10.1 Å². The number of nitrogens with one attached hydrogen (secondary N) is 1. The van der Waals surface area contributed by atoms with Gasteiger partial charge in [0.25, 0.3) is 0 Å². The fourth-order valence-electron chi connectivity index (χ4n) is 1.08. The molecule has 4 heteroatoms. The molecule has 0 fully saturated rings. The summed E-state index contributed by atoms with van der Waals surface area (Å²) in [6.07, 6.45) is 1.33. The fourth-order valence-corrected chi connectivity index (χ4v) is 1.76. The lowest BCUT2D eigenvalue weighted by Crippen LogP contribution is -2.15. The molecule has 0 aliphatic rings. The van der Waals surface area contributed by atoms with E-state index in [9.17, 15) is 4.79 Å². The van der Waals surface area contributed by atoms with Crippen LogP contribution in [-0.4, -0.2) is 19.6 Å². The predicted molar refractivity (Wildman–Crippen MR) is 57.3 cm³/mol. The lowest BCUT2D eigenvalue weighted by molar-refractivity contribution is -0.140. The molecule has 1 aromatic heterocycles. The summed E-state index contributed by atoms with van der Waals surface area (Å²) in [5.41, 5.74) is 0. The Morgan fingerprint density at radius 1 is 1.64 bits per heavy atom. The van der Waals surface area contributed by atoms with E-state index >= 15 is 0 Å². The Morgan fingerprint density at radius 2 is 2.50 bits per heavy atom. The van der Waals surface area contributed by atoms with E-state index in [1.807, 2.05) is 6.07 Å². The minimum absolute atomic E-state index is 0.136. The van der Waals surface area contributed by atoms with Crippen LogP contribution in [0, 0.1) is 0 Å². The van der Waals surface area contributed by atoms with Crippen molar-refractivity contribution >= 4 is 17.3 Å². The van der Waals surface area contributed by atoms with Crippen LogP contribution in [0.4, 0.5) is 0 Å². The largest absolute Gasteiger partial charge is 0.469 e. The molecular weight excluding hydrogens is 198 g/mol. The van der Waals surface area contributed by atoms with E-state index in [0.29, 0.717) is 6.42 Å². The van der Waals surface area contributed by atoms with E-state index < -0.39 is 0 Å². The standard InChI is InChI=1S/C10H15NO2S/c1-13-10(12)5-2-6-11-8-9-4-3-7-14-9/h3-4,7,11H,2,5-6,8H2,1H3. The van der Waals surface area contributed by atoms with Gasteiger partial charge in [0, 0.05) is 17.8 Å². The van der Waals surface area contributed by atoms with Gasteiger partial charge in [-0.25, -0.2) is 0 Å². The number of carbonyl (C=O) groups is 1. The van der Waals surface area contributed by atoms with Gasteiger partial charge in [0.15, 0.2) is 0 Å². The molecule has 0 radical (unpaired) electrons. The van der Waals surface area contributed by atoms with Crippen LogP contribution >= 0.6 is 11.3 Å². The number of methoxy groups -OCH3 is 1. The molecule has 0 saturated carbocycles. The Morgan fingerprint density at radius 3 is 3.14 bits per heavy atom. The zero-order valence-corrected chi connectivity index (χ0v) is 9.10. The second-order valence-corrected chi connectivity index (χ2v) is 3.97. The molecule has 0 bridgehead atoms. The average molecular weight is 213 g/mol. The second-order valence-electron chi connectivity index (χ2n) is 2.94. The zero-order valence-electron chi connectivity index (χ0n) is 8.29. The molecule has 0 atom stereocenters. The number of hydrogen-bond donors (Lipinski definition) is 1. The minimum Gasteiger partial charge on any atom is -0.469 e. The maximum Gasteiger partial charge on any atom is 0.305 e. The summed E-state index contributed by atoms with van der Waals surface area (Å²) in [5.74, 6) is -0.136. The predicted octanol–water partition coefficient (Wildman–Crippen LogP) is 1.79. The van der Waals surface area contributed by atoms with Gasteiger partial charge in [-0.2, -0.15) is 0 Å². The van der Waals surface area contributed by atoms with Crippen molar-refractivity contribution in [3.8, 4) is 0 Å². The van der Waals surface area contributed by atoms with Crippen LogP contribution in [-0.2, 0) is 16.1 Å². The zero-order chi connectivity index (χ0) is 10.2. The molecule has 0 aliphatic heterocycles. The van der Waals surface area contributed by atoms with Gasteiger partial charge in [-0.05, 0) is 24.4 Å². The smallest absolute Gasteiger partial charge is 0.305 e.